The maximum Gasteiger partial charge on any atom is 0.221 e. The first-order chi connectivity index (χ1) is 14.1. The molecule has 0 saturated heterocycles. The zero-order valence-corrected chi connectivity index (χ0v) is 19.9. The zero-order valence-electron chi connectivity index (χ0n) is 17.6. The van der Waals surface area contributed by atoms with E-state index in [1.807, 2.05) is 24.3 Å². The van der Waals surface area contributed by atoms with Crippen molar-refractivity contribution in [2.45, 2.75) is 32.1 Å². The van der Waals surface area contributed by atoms with E-state index in [2.05, 4.69) is 53.2 Å². The van der Waals surface area contributed by atoms with Gasteiger partial charge in [-0.1, -0.05) is 36.4 Å². The molecule has 0 spiro atoms. The van der Waals surface area contributed by atoms with Gasteiger partial charge < -0.3 is 20.7 Å². The standard InChI is InChI=1S/C23H30N4O2.HI/c1-3-24-22(26-17-23(12-13-23)19-8-5-4-6-9-19)25-14-15-29-21-11-7-10-20(16-21)27-18(2)28;/h4-11,16H,3,12-15,17H2,1-2H3,(H,27,28)(H2,24,25,26);1H. The fourth-order valence-electron chi connectivity index (χ4n) is 3.26. The summed E-state index contributed by atoms with van der Waals surface area (Å²) in [5.41, 5.74) is 2.31. The van der Waals surface area contributed by atoms with Crippen molar-refractivity contribution in [3.8, 4) is 5.75 Å². The normalized spacial score (nSPS) is 14.3. The first-order valence-electron chi connectivity index (χ1n) is 10.2. The summed E-state index contributed by atoms with van der Waals surface area (Å²) in [5.74, 6) is 1.44. The highest BCUT2D eigenvalue weighted by molar-refractivity contribution is 14.0. The molecule has 1 amide bonds. The van der Waals surface area contributed by atoms with Gasteiger partial charge >= 0.3 is 0 Å². The van der Waals surface area contributed by atoms with Gasteiger partial charge in [0.1, 0.15) is 12.4 Å². The van der Waals surface area contributed by atoms with Crippen LogP contribution in [0.4, 0.5) is 5.69 Å². The van der Waals surface area contributed by atoms with Gasteiger partial charge in [0.15, 0.2) is 5.96 Å². The minimum atomic E-state index is -0.0979. The van der Waals surface area contributed by atoms with E-state index in [1.165, 1.54) is 25.3 Å². The number of benzene rings is 2. The summed E-state index contributed by atoms with van der Waals surface area (Å²) in [6.45, 7) is 6.27. The first-order valence-corrected chi connectivity index (χ1v) is 10.2. The molecule has 1 saturated carbocycles. The van der Waals surface area contributed by atoms with E-state index in [0.717, 1.165) is 30.5 Å². The van der Waals surface area contributed by atoms with Crippen LogP contribution in [-0.4, -0.2) is 38.1 Å². The van der Waals surface area contributed by atoms with Gasteiger partial charge in [0.2, 0.25) is 5.91 Å². The van der Waals surface area contributed by atoms with Crippen LogP contribution in [0.15, 0.2) is 59.6 Å². The van der Waals surface area contributed by atoms with E-state index in [9.17, 15) is 4.79 Å². The minimum absolute atomic E-state index is 0. The Morgan fingerprint density at radius 2 is 1.87 bits per heavy atom. The van der Waals surface area contributed by atoms with E-state index in [0.29, 0.717) is 13.2 Å². The third-order valence-electron chi connectivity index (χ3n) is 4.94. The molecule has 7 heteroatoms. The van der Waals surface area contributed by atoms with Crippen molar-refractivity contribution in [3.63, 3.8) is 0 Å². The molecule has 1 fully saturated rings. The Morgan fingerprint density at radius 1 is 1.10 bits per heavy atom. The maximum absolute atomic E-state index is 11.2. The quantitative estimate of drug-likeness (QED) is 0.202. The van der Waals surface area contributed by atoms with Crippen molar-refractivity contribution >= 4 is 41.5 Å². The highest BCUT2D eigenvalue weighted by atomic mass is 127. The number of carbonyl (C=O) groups excluding carboxylic acids is 1. The van der Waals surface area contributed by atoms with Gasteiger partial charge in [-0.25, -0.2) is 0 Å². The average Bonchev–Trinajstić information content (AvgIpc) is 3.51. The van der Waals surface area contributed by atoms with E-state index >= 15 is 0 Å². The lowest BCUT2D eigenvalue weighted by atomic mass is 9.96. The predicted molar refractivity (Wildman–Crippen MR) is 133 cm³/mol. The summed E-state index contributed by atoms with van der Waals surface area (Å²) in [4.78, 5) is 16.0. The lowest BCUT2D eigenvalue weighted by Gasteiger charge is -2.16. The number of hydrogen-bond acceptors (Lipinski definition) is 3. The molecule has 0 unspecified atom stereocenters. The molecule has 1 aliphatic rings. The van der Waals surface area contributed by atoms with Gasteiger partial charge in [0.25, 0.3) is 0 Å². The fraction of sp³-hybridized carbons (Fsp3) is 0.391. The number of nitrogens with zero attached hydrogens (tertiary/aromatic N) is 1. The zero-order chi connectivity index (χ0) is 20.5. The number of halogens is 1. The van der Waals surface area contributed by atoms with Gasteiger partial charge in [-0.3, -0.25) is 9.79 Å². The average molecular weight is 522 g/mol. The van der Waals surface area contributed by atoms with Crippen LogP contribution in [-0.2, 0) is 10.2 Å². The second-order valence-electron chi connectivity index (χ2n) is 7.33. The van der Waals surface area contributed by atoms with Crippen molar-refractivity contribution in [2.75, 3.05) is 31.6 Å². The van der Waals surface area contributed by atoms with E-state index in [-0.39, 0.29) is 35.3 Å². The van der Waals surface area contributed by atoms with E-state index in [4.69, 9.17) is 9.73 Å². The number of ether oxygens (including phenoxy) is 1. The summed E-state index contributed by atoms with van der Waals surface area (Å²) in [5, 5.41) is 9.39. The van der Waals surface area contributed by atoms with Gasteiger partial charge in [-0.05, 0) is 37.5 Å². The molecule has 2 aromatic carbocycles. The Hall–Kier alpha value is -2.29. The predicted octanol–water partition coefficient (Wildman–Crippen LogP) is 3.93. The third-order valence-corrected chi connectivity index (χ3v) is 4.94. The second kappa shape index (κ2) is 11.8. The molecule has 30 heavy (non-hydrogen) atoms. The molecule has 0 aliphatic heterocycles. The maximum atomic E-state index is 11.2. The summed E-state index contributed by atoms with van der Waals surface area (Å²) < 4.78 is 5.79. The number of amides is 1. The molecule has 0 bridgehead atoms. The number of nitrogens with one attached hydrogen (secondary N) is 3. The molecule has 6 nitrogen and oxygen atoms in total. The van der Waals surface area contributed by atoms with Gasteiger partial charge in [-0.2, -0.15) is 0 Å². The van der Waals surface area contributed by atoms with Gasteiger partial charge in [-0.15, -0.1) is 24.0 Å². The van der Waals surface area contributed by atoms with Crippen LogP contribution >= 0.6 is 24.0 Å². The molecule has 1 aliphatic carbocycles. The third kappa shape index (κ3) is 7.19. The van der Waals surface area contributed by atoms with Crippen molar-refractivity contribution < 1.29 is 9.53 Å². The Kier molecular flexibility index (Phi) is 9.42. The summed E-state index contributed by atoms with van der Waals surface area (Å²) >= 11 is 0. The molecule has 0 aromatic heterocycles. The molecule has 0 atom stereocenters. The number of aliphatic imine (C=N–C) groups is 1. The molecule has 0 heterocycles. The number of guanidine groups is 1. The Balaban J connectivity index is 0.00000320. The van der Waals surface area contributed by atoms with Crippen molar-refractivity contribution in [1.82, 2.24) is 10.6 Å². The smallest absolute Gasteiger partial charge is 0.221 e. The molecule has 0 radical (unpaired) electrons. The molecule has 2 aromatic rings. The Bertz CT molecular complexity index is 838. The summed E-state index contributed by atoms with van der Waals surface area (Å²) in [6.07, 6.45) is 2.38. The molecule has 3 N–H and O–H groups in total. The van der Waals surface area contributed by atoms with Crippen LogP contribution in [0.3, 0.4) is 0 Å². The largest absolute Gasteiger partial charge is 0.492 e. The number of hydrogen-bond donors (Lipinski definition) is 3. The molecule has 162 valence electrons. The van der Waals surface area contributed by atoms with Crippen molar-refractivity contribution in [3.05, 3.63) is 60.2 Å². The molecule has 3 rings (SSSR count). The highest BCUT2D eigenvalue weighted by Crippen LogP contribution is 2.48. The lowest BCUT2D eigenvalue weighted by molar-refractivity contribution is -0.114. The number of rotatable bonds is 9. The number of anilines is 1. The van der Waals surface area contributed by atoms with E-state index < -0.39 is 0 Å². The topological polar surface area (TPSA) is 74.8 Å². The Morgan fingerprint density at radius 3 is 2.53 bits per heavy atom. The molecular formula is C23H31IN4O2. The highest BCUT2D eigenvalue weighted by Gasteiger charge is 2.43. The second-order valence-corrected chi connectivity index (χ2v) is 7.33. The van der Waals surface area contributed by atoms with E-state index in [1.54, 1.807) is 0 Å². The molecular weight excluding hydrogens is 491 g/mol. The fourth-order valence-corrected chi connectivity index (χ4v) is 3.26. The van der Waals surface area contributed by atoms with Crippen molar-refractivity contribution in [2.24, 2.45) is 4.99 Å². The van der Waals surface area contributed by atoms with Crippen LogP contribution in [0.5, 0.6) is 5.75 Å². The van der Waals surface area contributed by atoms with Gasteiger partial charge in [0.05, 0.1) is 13.1 Å². The van der Waals surface area contributed by atoms with Crippen LogP contribution in [0.25, 0.3) is 0 Å². The monoisotopic (exact) mass is 522 g/mol. The SMILES string of the molecule is CCNC(=NCC1(c2ccccc2)CC1)NCCOc1cccc(NC(C)=O)c1.I. The van der Waals surface area contributed by atoms with Crippen LogP contribution < -0.4 is 20.7 Å². The lowest BCUT2D eigenvalue weighted by Crippen LogP contribution is -2.39. The Labute approximate surface area is 195 Å². The number of carbonyl (C=O) groups is 1. The minimum Gasteiger partial charge on any atom is -0.492 e. The van der Waals surface area contributed by atoms with Crippen molar-refractivity contribution in [1.29, 1.82) is 0 Å². The van der Waals surface area contributed by atoms with Crippen LogP contribution in [0.2, 0.25) is 0 Å². The van der Waals surface area contributed by atoms with Crippen LogP contribution in [0.1, 0.15) is 32.3 Å². The van der Waals surface area contributed by atoms with Gasteiger partial charge in [0, 0.05) is 30.6 Å². The van der Waals surface area contributed by atoms with Crippen LogP contribution in [0, 0.1) is 0 Å². The first kappa shape index (κ1) is 24.0. The summed E-state index contributed by atoms with van der Waals surface area (Å²) in [7, 11) is 0. The summed E-state index contributed by atoms with van der Waals surface area (Å²) in [6, 6.07) is 18.0.